The smallest absolute Gasteiger partial charge is 0.323 e. The average molecular weight is 491 g/mol. The third kappa shape index (κ3) is 6.60. The van der Waals surface area contributed by atoms with Crippen LogP contribution in [-0.2, 0) is 4.79 Å². The first kappa shape index (κ1) is 23.3. The van der Waals surface area contributed by atoms with Gasteiger partial charge in [-0.3, -0.25) is 4.79 Å². The second kappa shape index (κ2) is 11.4. The number of carbonyl (C=O) groups is 2. The van der Waals surface area contributed by atoms with Crippen LogP contribution in [-0.4, -0.2) is 29.8 Å². The number of nitrogens with one attached hydrogen (secondary N) is 3. The number of rotatable bonds is 8. The van der Waals surface area contributed by atoms with Crippen LogP contribution in [0.4, 0.5) is 21.3 Å². The summed E-state index contributed by atoms with van der Waals surface area (Å²) in [5.74, 6) is 0.789. The number of hydrogen-bond acceptors (Lipinski definition) is 6. The van der Waals surface area contributed by atoms with E-state index in [-0.39, 0.29) is 17.7 Å². The maximum absolute atomic E-state index is 12.3. The van der Waals surface area contributed by atoms with Gasteiger partial charge in [0, 0.05) is 33.3 Å². The van der Waals surface area contributed by atoms with E-state index in [1.165, 1.54) is 23.1 Å². The number of carbonyl (C=O) groups excluding carboxylic acids is 2. The first-order chi connectivity index (χ1) is 16.6. The topological polar surface area (TPSA) is 92.4 Å². The van der Waals surface area contributed by atoms with E-state index in [4.69, 9.17) is 4.74 Å². The molecule has 3 aromatic carbocycles. The Balaban J connectivity index is 1.24. The van der Waals surface area contributed by atoms with Crippen molar-refractivity contribution in [3.05, 3.63) is 84.2 Å². The minimum atomic E-state index is -0.355. The van der Waals surface area contributed by atoms with Crippen LogP contribution >= 0.6 is 23.1 Å². The minimum absolute atomic E-state index is 0.126. The van der Waals surface area contributed by atoms with Crippen molar-refractivity contribution in [3.8, 4) is 17.0 Å². The van der Waals surface area contributed by atoms with Gasteiger partial charge in [-0.15, -0.1) is 23.1 Å². The number of aromatic nitrogens is 1. The zero-order valence-electron chi connectivity index (χ0n) is 18.3. The Bertz CT molecular complexity index is 1260. The molecule has 7 nitrogen and oxygen atoms in total. The van der Waals surface area contributed by atoms with Crippen molar-refractivity contribution in [1.29, 1.82) is 0 Å². The Kier molecular flexibility index (Phi) is 7.79. The van der Waals surface area contributed by atoms with Gasteiger partial charge in [0.1, 0.15) is 5.75 Å². The van der Waals surface area contributed by atoms with Crippen molar-refractivity contribution in [2.75, 3.05) is 28.8 Å². The van der Waals surface area contributed by atoms with E-state index >= 15 is 0 Å². The van der Waals surface area contributed by atoms with E-state index in [0.29, 0.717) is 22.3 Å². The Morgan fingerprint density at radius 3 is 2.44 bits per heavy atom. The standard InChI is InChI=1S/C25H22N4O3S2/c1-32-20-9-5-8-19(14-20)27-24(31)26-18-10-12-21(13-11-18)33-16-23(30)29-25-28-22(15-34-25)17-6-3-2-4-7-17/h2-15H,16H2,1H3,(H2,26,27,31)(H,28,29,30). The van der Waals surface area contributed by atoms with Gasteiger partial charge in [-0.25, -0.2) is 9.78 Å². The van der Waals surface area contributed by atoms with Crippen LogP contribution in [0.3, 0.4) is 0 Å². The number of nitrogens with zero attached hydrogens (tertiary/aromatic N) is 1. The molecule has 0 bridgehead atoms. The highest BCUT2D eigenvalue weighted by atomic mass is 32.2. The first-order valence-electron chi connectivity index (χ1n) is 10.3. The lowest BCUT2D eigenvalue weighted by Gasteiger charge is -2.09. The Morgan fingerprint density at radius 1 is 0.912 bits per heavy atom. The SMILES string of the molecule is COc1cccc(NC(=O)Nc2ccc(SCC(=O)Nc3nc(-c4ccccc4)cs3)cc2)c1. The molecule has 3 N–H and O–H groups in total. The molecular weight excluding hydrogens is 468 g/mol. The van der Waals surface area contributed by atoms with Crippen molar-refractivity contribution in [3.63, 3.8) is 0 Å². The summed E-state index contributed by atoms with van der Waals surface area (Å²) in [5.41, 5.74) is 3.13. The average Bonchev–Trinajstić information content (AvgIpc) is 3.32. The highest BCUT2D eigenvalue weighted by molar-refractivity contribution is 8.00. The monoisotopic (exact) mass is 490 g/mol. The third-order valence-corrected chi connectivity index (χ3v) is 6.40. The summed E-state index contributed by atoms with van der Waals surface area (Å²) in [7, 11) is 1.57. The summed E-state index contributed by atoms with van der Waals surface area (Å²) in [6, 6.07) is 23.9. The molecule has 172 valence electrons. The van der Waals surface area contributed by atoms with E-state index in [2.05, 4.69) is 20.9 Å². The van der Waals surface area contributed by atoms with Crippen LogP contribution in [0.2, 0.25) is 0 Å². The normalized spacial score (nSPS) is 10.4. The van der Waals surface area contributed by atoms with E-state index in [0.717, 1.165) is 16.2 Å². The number of ether oxygens (including phenoxy) is 1. The molecule has 0 aliphatic carbocycles. The van der Waals surface area contributed by atoms with Crippen molar-refractivity contribution in [2.45, 2.75) is 4.90 Å². The third-order valence-electron chi connectivity index (χ3n) is 4.63. The molecule has 0 fully saturated rings. The second-order valence-corrected chi connectivity index (χ2v) is 8.98. The molecule has 0 saturated carbocycles. The van der Waals surface area contributed by atoms with Crippen LogP contribution < -0.4 is 20.7 Å². The van der Waals surface area contributed by atoms with E-state index in [1.807, 2.05) is 47.8 Å². The summed E-state index contributed by atoms with van der Waals surface area (Å²) in [6.45, 7) is 0. The highest BCUT2D eigenvalue weighted by Gasteiger charge is 2.09. The van der Waals surface area contributed by atoms with Crippen molar-refractivity contribution in [1.82, 2.24) is 4.98 Å². The lowest BCUT2D eigenvalue weighted by molar-refractivity contribution is -0.113. The van der Waals surface area contributed by atoms with Crippen LogP contribution in [0.25, 0.3) is 11.3 Å². The molecule has 34 heavy (non-hydrogen) atoms. The number of thiazole rings is 1. The number of urea groups is 1. The fraction of sp³-hybridized carbons (Fsp3) is 0.0800. The summed E-state index contributed by atoms with van der Waals surface area (Å²) in [4.78, 5) is 29.9. The predicted octanol–water partition coefficient (Wildman–Crippen LogP) is 6.19. The first-order valence-corrected chi connectivity index (χ1v) is 12.2. The van der Waals surface area contributed by atoms with Gasteiger partial charge in [0.25, 0.3) is 0 Å². The van der Waals surface area contributed by atoms with Gasteiger partial charge in [0.05, 0.1) is 18.6 Å². The zero-order valence-corrected chi connectivity index (χ0v) is 19.9. The van der Waals surface area contributed by atoms with Gasteiger partial charge in [-0.2, -0.15) is 0 Å². The van der Waals surface area contributed by atoms with Gasteiger partial charge in [-0.1, -0.05) is 36.4 Å². The molecule has 0 spiro atoms. The number of amides is 3. The van der Waals surface area contributed by atoms with E-state index in [9.17, 15) is 9.59 Å². The maximum atomic E-state index is 12.3. The van der Waals surface area contributed by atoms with Crippen molar-refractivity contribution >= 4 is 51.5 Å². The quantitative estimate of drug-likeness (QED) is 0.256. The number of hydrogen-bond donors (Lipinski definition) is 3. The lowest BCUT2D eigenvalue weighted by atomic mass is 10.2. The van der Waals surface area contributed by atoms with E-state index in [1.54, 1.807) is 43.5 Å². The molecule has 1 heterocycles. The Hall–Kier alpha value is -3.82. The van der Waals surface area contributed by atoms with E-state index < -0.39 is 0 Å². The van der Waals surface area contributed by atoms with Gasteiger partial charge in [0.2, 0.25) is 5.91 Å². The molecule has 1 aromatic heterocycles. The molecule has 0 aliphatic rings. The summed E-state index contributed by atoms with van der Waals surface area (Å²) >= 11 is 2.81. The molecule has 3 amide bonds. The summed E-state index contributed by atoms with van der Waals surface area (Å²) < 4.78 is 5.15. The lowest BCUT2D eigenvalue weighted by Crippen LogP contribution is -2.19. The number of benzene rings is 3. The van der Waals surface area contributed by atoms with Crippen LogP contribution in [0.5, 0.6) is 5.75 Å². The summed E-state index contributed by atoms with van der Waals surface area (Å²) in [5, 5.41) is 10.9. The largest absolute Gasteiger partial charge is 0.497 e. The molecule has 4 aromatic rings. The van der Waals surface area contributed by atoms with Crippen LogP contribution in [0, 0.1) is 0 Å². The van der Waals surface area contributed by atoms with Gasteiger partial charge >= 0.3 is 6.03 Å². The molecule has 9 heteroatoms. The van der Waals surface area contributed by atoms with Gasteiger partial charge in [-0.05, 0) is 36.4 Å². The number of anilines is 3. The fourth-order valence-corrected chi connectivity index (χ4v) is 4.44. The molecule has 0 atom stereocenters. The fourth-order valence-electron chi connectivity index (χ4n) is 3.01. The van der Waals surface area contributed by atoms with Gasteiger partial charge < -0.3 is 20.7 Å². The van der Waals surface area contributed by atoms with Crippen LogP contribution in [0.1, 0.15) is 0 Å². The molecule has 0 unspecified atom stereocenters. The number of methoxy groups -OCH3 is 1. The van der Waals surface area contributed by atoms with Crippen LogP contribution in [0.15, 0.2) is 89.1 Å². The van der Waals surface area contributed by atoms with Crippen molar-refractivity contribution in [2.24, 2.45) is 0 Å². The molecule has 0 aliphatic heterocycles. The zero-order chi connectivity index (χ0) is 23.8. The highest BCUT2D eigenvalue weighted by Crippen LogP contribution is 2.25. The van der Waals surface area contributed by atoms with Gasteiger partial charge in [0.15, 0.2) is 5.13 Å². The Morgan fingerprint density at radius 2 is 1.68 bits per heavy atom. The number of thioether (sulfide) groups is 1. The minimum Gasteiger partial charge on any atom is -0.497 e. The van der Waals surface area contributed by atoms with Crippen molar-refractivity contribution < 1.29 is 14.3 Å². The molecular formula is C25H22N4O3S2. The molecule has 0 saturated heterocycles. The summed E-state index contributed by atoms with van der Waals surface area (Å²) in [6.07, 6.45) is 0. The maximum Gasteiger partial charge on any atom is 0.323 e. The molecule has 0 radical (unpaired) electrons. The predicted molar refractivity (Wildman–Crippen MR) is 139 cm³/mol. The second-order valence-electron chi connectivity index (χ2n) is 7.08. The molecule has 4 rings (SSSR count). The Labute approximate surface area is 205 Å².